The molecule has 2 unspecified atom stereocenters. The Labute approximate surface area is 80.4 Å². The summed E-state index contributed by atoms with van der Waals surface area (Å²) in [5.74, 6) is -1.63. The summed E-state index contributed by atoms with van der Waals surface area (Å²) in [6.07, 6.45) is 0.430. The van der Waals surface area contributed by atoms with Gasteiger partial charge in [-0.3, -0.25) is 4.79 Å². The van der Waals surface area contributed by atoms with Crippen LogP contribution in [0.3, 0.4) is 0 Å². The molecular weight excluding hydrogens is 210 g/mol. The maximum atomic E-state index is 10.5. The van der Waals surface area contributed by atoms with Crippen LogP contribution in [0.1, 0.15) is 13.3 Å². The Kier molecular flexibility index (Phi) is 5.23. The number of carboxylic acids is 1. The molecule has 0 aromatic rings. The lowest BCUT2D eigenvalue weighted by Crippen LogP contribution is -2.27. The third kappa shape index (κ3) is 3.50. The molecule has 2 nitrogen and oxygen atoms in total. The zero-order chi connectivity index (χ0) is 9.02. The highest BCUT2D eigenvalue weighted by Crippen LogP contribution is 2.24. The van der Waals surface area contributed by atoms with E-state index in [2.05, 4.69) is 0 Å². The Morgan fingerprint density at radius 1 is 1.45 bits per heavy atom. The average molecular weight is 219 g/mol. The highest BCUT2D eigenvalue weighted by molar-refractivity contribution is 6.48. The molecule has 0 aromatic carbocycles. The van der Waals surface area contributed by atoms with Gasteiger partial charge in [-0.2, -0.15) is 0 Å². The molecule has 0 aromatic heterocycles. The third-order valence-corrected chi connectivity index (χ3v) is 2.74. The number of hydrogen-bond acceptors (Lipinski definition) is 1. The van der Waals surface area contributed by atoms with Gasteiger partial charge in [0.15, 0.2) is 0 Å². The number of hydrogen-bond donors (Lipinski definition) is 1. The number of alkyl halides is 3. The zero-order valence-corrected chi connectivity index (χ0v) is 8.20. The second-order valence-corrected chi connectivity index (χ2v) is 3.80. The second kappa shape index (κ2) is 5.07. The SMILES string of the molecule is CCC(C(=O)O)C(Cl)C(Cl)Cl. The summed E-state index contributed by atoms with van der Waals surface area (Å²) in [6, 6.07) is 0. The van der Waals surface area contributed by atoms with Gasteiger partial charge in [0.1, 0.15) is 4.84 Å². The Bertz CT molecular complexity index is 138. The van der Waals surface area contributed by atoms with E-state index >= 15 is 0 Å². The average Bonchev–Trinajstić information content (AvgIpc) is 1.88. The van der Waals surface area contributed by atoms with Crippen LogP contribution in [0.25, 0.3) is 0 Å². The van der Waals surface area contributed by atoms with Crippen molar-refractivity contribution in [3.63, 3.8) is 0 Å². The van der Waals surface area contributed by atoms with E-state index in [1.165, 1.54) is 0 Å². The molecule has 0 fully saturated rings. The molecule has 1 N–H and O–H groups in total. The molecule has 11 heavy (non-hydrogen) atoms. The van der Waals surface area contributed by atoms with Gasteiger partial charge in [0.25, 0.3) is 0 Å². The first-order chi connectivity index (χ1) is 5.00. The van der Waals surface area contributed by atoms with Crippen molar-refractivity contribution in [2.24, 2.45) is 5.92 Å². The monoisotopic (exact) mass is 218 g/mol. The van der Waals surface area contributed by atoms with Crippen molar-refractivity contribution in [1.29, 1.82) is 0 Å². The maximum Gasteiger partial charge on any atom is 0.308 e. The molecule has 2 atom stereocenters. The molecule has 0 aliphatic heterocycles. The minimum atomic E-state index is -0.959. The molecule has 0 bridgehead atoms. The highest BCUT2D eigenvalue weighted by Gasteiger charge is 2.29. The van der Waals surface area contributed by atoms with E-state index in [9.17, 15) is 4.79 Å². The molecule has 0 aliphatic carbocycles. The van der Waals surface area contributed by atoms with E-state index in [1.54, 1.807) is 6.92 Å². The van der Waals surface area contributed by atoms with E-state index < -0.39 is 22.1 Å². The van der Waals surface area contributed by atoms with Gasteiger partial charge >= 0.3 is 5.97 Å². The predicted molar refractivity (Wildman–Crippen MR) is 46.6 cm³/mol. The normalized spacial score (nSPS) is 16.5. The third-order valence-electron chi connectivity index (χ3n) is 1.38. The smallest absolute Gasteiger partial charge is 0.308 e. The standard InChI is InChI=1S/C6H9Cl3O2/c1-2-3(6(10)11)4(7)5(8)9/h3-5H,2H2,1H3,(H,10,11). The van der Waals surface area contributed by atoms with Crippen molar-refractivity contribution < 1.29 is 9.90 Å². The molecule has 0 spiro atoms. The highest BCUT2D eigenvalue weighted by atomic mass is 35.5. The molecular formula is C6H9Cl3O2. The second-order valence-electron chi connectivity index (χ2n) is 2.13. The number of carboxylic acid groups (broad SMARTS) is 1. The number of carbonyl (C=O) groups is 1. The van der Waals surface area contributed by atoms with Gasteiger partial charge in [-0.15, -0.1) is 34.8 Å². The fourth-order valence-electron chi connectivity index (χ4n) is 0.712. The van der Waals surface area contributed by atoms with Crippen molar-refractivity contribution in [1.82, 2.24) is 0 Å². The molecule has 0 amide bonds. The van der Waals surface area contributed by atoms with Gasteiger partial charge in [-0.25, -0.2) is 0 Å². The number of rotatable bonds is 4. The topological polar surface area (TPSA) is 37.3 Å². The summed E-state index contributed by atoms with van der Waals surface area (Å²) in [5.41, 5.74) is 0. The van der Waals surface area contributed by atoms with Crippen LogP contribution in [0, 0.1) is 5.92 Å². The van der Waals surface area contributed by atoms with Gasteiger partial charge in [-0.1, -0.05) is 6.92 Å². The van der Waals surface area contributed by atoms with Crippen molar-refractivity contribution in [3.05, 3.63) is 0 Å². The van der Waals surface area contributed by atoms with E-state index in [0.717, 1.165) is 0 Å². The molecule has 0 rings (SSSR count). The summed E-state index contributed by atoms with van der Waals surface area (Å²) in [6.45, 7) is 1.73. The van der Waals surface area contributed by atoms with Crippen LogP contribution in [0.5, 0.6) is 0 Å². The molecule has 66 valence electrons. The van der Waals surface area contributed by atoms with Gasteiger partial charge in [0.05, 0.1) is 11.3 Å². The lowest BCUT2D eigenvalue weighted by molar-refractivity contribution is -0.141. The minimum Gasteiger partial charge on any atom is -0.481 e. The molecule has 0 radical (unpaired) electrons. The van der Waals surface area contributed by atoms with Crippen LogP contribution in [0.2, 0.25) is 0 Å². The van der Waals surface area contributed by atoms with Crippen LogP contribution in [0.4, 0.5) is 0 Å². The van der Waals surface area contributed by atoms with Gasteiger partial charge in [0.2, 0.25) is 0 Å². The first kappa shape index (κ1) is 11.3. The van der Waals surface area contributed by atoms with Crippen LogP contribution >= 0.6 is 34.8 Å². The Balaban J connectivity index is 4.14. The van der Waals surface area contributed by atoms with E-state index in [0.29, 0.717) is 6.42 Å². The first-order valence-corrected chi connectivity index (χ1v) is 4.46. The molecule has 0 saturated heterocycles. The van der Waals surface area contributed by atoms with Crippen molar-refractivity contribution in [2.75, 3.05) is 0 Å². The first-order valence-electron chi connectivity index (χ1n) is 3.15. The van der Waals surface area contributed by atoms with Gasteiger partial charge < -0.3 is 5.11 Å². The van der Waals surface area contributed by atoms with Crippen LogP contribution in [-0.2, 0) is 4.79 Å². The van der Waals surface area contributed by atoms with E-state index in [-0.39, 0.29) is 0 Å². The largest absolute Gasteiger partial charge is 0.481 e. The number of aliphatic carboxylic acids is 1. The van der Waals surface area contributed by atoms with E-state index in [1.807, 2.05) is 0 Å². The van der Waals surface area contributed by atoms with Gasteiger partial charge in [-0.05, 0) is 6.42 Å². The van der Waals surface area contributed by atoms with Crippen molar-refractivity contribution in [2.45, 2.75) is 23.6 Å². The lowest BCUT2D eigenvalue weighted by Gasteiger charge is -2.16. The molecule has 0 saturated carbocycles. The lowest BCUT2D eigenvalue weighted by atomic mass is 10.0. The quantitative estimate of drug-likeness (QED) is 0.738. The Morgan fingerprint density at radius 2 is 1.91 bits per heavy atom. The van der Waals surface area contributed by atoms with Crippen molar-refractivity contribution in [3.8, 4) is 0 Å². The van der Waals surface area contributed by atoms with Crippen LogP contribution < -0.4 is 0 Å². The number of halogens is 3. The predicted octanol–water partition coefficient (Wildman–Crippen LogP) is 2.51. The summed E-state index contributed by atoms with van der Waals surface area (Å²) < 4.78 is 0. The van der Waals surface area contributed by atoms with Gasteiger partial charge in [0, 0.05) is 0 Å². The Morgan fingerprint density at radius 3 is 2.00 bits per heavy atom. The fraction of sp³-hybridized carbons (Fsp3) is 0.833. The zero-order valence-electron chi connectivity index (χ0n) is 5.93. The van der Waals surface area contributed by atoms with Crippen molar-refractivity contribution >= 4 is 40.8 Å². The maximum absolute atomic E-state index is 10.5. The fourth-order valence-corrected chi connectivity index (χ4v) is 1.35. The molecule has 0 aliphatic rings. The molecule has 5 heteroatoms. The Hall–Kier alpha value is 0.340. The summed E-state index contributed by atoms with van der Waals surface area (Å²) in [7, 11) is 0. The van der Waals surface area contributed by atoms with Crippen LogP contribution in [0.15, 0.2) is 0 Å². The van der Waals surface area contributed by atoms with Crippen LogP contribution in [-0.4, -0.2) is 21.3 Å². The summed E-state index contributed by atoms with van der Waals surface area (Å²) in [5, 5.41) is 7.87. The molecule has 0 heterocycles. The summed E-state index contributed by atoms with van der Waals surface area (Å²) >= 11 is 16.5. The summed E-state index contributed by atoms with van der Waals surface area (Å²) in [4.78, 5) is 9.64. The van der Waals surface area contributed by atoms with E-state index in [4.69, 9.17) is 39.9 Å². The minimum absolute atomic E-state index is 0.430.